The molecule has 0 aromatic rings. The van der Waals surface area contributed by atoms with Gasteiger partial charge in [0.15, 0.2) is 0 Å². The molecule has 0 bridgehead atoms. The van der Waals surface area contributed by atoms with Crippen LogP contribution in [-0.4, -0.2) is 69.0 Å². The van der Waals surface area contributed by atoms with E-state index in [2.05, 4.69) is 16.8 Å². The first-order chi connectivity index (χ1) is 8.41. The molecule has 1 saturated heterocycles. The fourth-order valence-corrected chi connectivity index (χ4v) is 4.07. The van der Waals surface area contributed by atoms with Gasteiger partial charge in [0.25, 0.3) is 0 Å². The lowest BCUT2D eigenvalue weighted by molar-refractivity contribution is -0.0139. The topological polar surface area (TPSA) is 40.6 Å². The molecular formula is C13H26N2O2S. The molecule has 5 heteroatoms. The van der Waals surface area contributed by atoms with Crippen molar-refractivity contribution >= 4 is 9.84 Å². The molecule has 0 radical (unpaired) electrons. The summed E-state index contributed by atoms with van der Waals surface area (Å²) in [5.74, 6) is 0.304. The molecule has 18 heavy (non-hydrogen) atoms. The molecule has 0 atom stereocenters. The molecule has 0 amide bonds. The highest BCUT2D eigenvalue weighted by atomic mass is 32.2. The molecule has 4 nitrogen and oxygen atoms in total. The standard InChI is InChI=1S/C13H26N2O2S/c1-14-8-9-15(10-11-18(2,16)17)13(12-14)6-4-3-5-7-13/h3-12H2,1-2H3. The Kier molecular flexibility index (Phi) is 4.34. The molecular weight excluding hydrogens is 248 g/mol. The summed E-state index contributed by atoms with van der Waals surface area (Å²) < 4.78 is 22.7. The van der Waals surface area contributed by atoms with Crippen LogP contribution in [0.4, 0.5) is 0 Å². The van der Waals surface area contributed by atoms with E-state index in [4.69, 9.17) is 0 Å². The lowest BCUT2D eigenvalue weighted by atomic mass is 9.78. The zero-order chi connectivity index (χ0) is 13.2. The molecule has 1 spiro atoms. The molecule has 1 aliphatic carbocycles. The Hall–Kier alpha value is -0.130. The molecule has 0 aromatic heterocycles. The van der Waals surface area contributed by atoms with E-state index in [1.54, 1.807) is 0 Å². The predicted molar refractivity (Wildman–Crippen MR) is 74.6 cm³/mol. The van der Waals surface area contributed by atoms with Gasteiger partial charge in [-0.05, 0) is 19.9 Å². The lowest BCUT2D eigenvalue weighted by Gasteiger charge is -2.52. The number of hydrogen-bond acceptors (Lipinski definition) is 4. The van der Waals surface area contributed by atoms with Gasteiger partial charge >= 0.3 is 0 Å². The van der Waals surface area contributed by atoms with Crippen LogP contribution in [0.1, 0.15) is 32.1 Å². The Morgan fingerprint density at radius 1 is 1.11 bits per heavy atom. The van der Waals surface area contributed by atoms with Crippen molar-refractivity contribution in [2.75, 3.05) is 45.2 Å². The summed E-state index contributed by atoms with van der Waals surface area (Å²) in [6, 6.07) is 0. The highest BCUT2D eigenvalue weighted by molar-refractivity contribution is 7.90. The SMILES string of the molecule is CN1CCN(CCS(C)(=O)=O)C2(CCCCC2)C1. The number of hydrogen-bond donors (Lipinski definition) is 0. The first kappa shape index (κ1) is 14.3. The molecule has 1 aliphatic heterocycles. The minimum absolute atomic E-state index is 0.260. The normalized spacial score (nSPS) is 26.6. The zero-order valence-electron chi connectivity index (χ0n) is 11.7. The molecule has 2 rings (SSSR count). The van der Waals surface area contributed by atoms with E-state index in [1.165, 1.54) is 38.4 Å². The summed E-state index contributed by atoms with van der Waals surface area (Å²) in [4.78, 5) is 4.87. The van der Waals surface area contributed by atoms with E-state index in [0.29, 0.717) is 12.3 Å². The Morgan fingerprint density at radius 2 is 1.78 bits per heavy atom. The summed E-state index contributed by atoms with van der Waals surface area (Å²) in [5.41, 5.74) is 0.260. The Bertz CT molecular complexity index is 374. The first-order valence-electron chi connectivity index (χ1n) is 7.03. The summed E-state index contributed by atoms with van der Waals surface area (Å²) in [6.07, 6.45) is 7.75. The van der Waals surface area contributed by atoms with Crippen LogP contribution in [0, 0.1) is 0 Å². The third-order valence-corrected chi connectivity index (χ3v) is 5.43. The minimum atomic E-state index is -2.85. The van der Waals surface area contributed by atoms with E-state index in [1.807, 2.05) is 0 Å². The van der Waals surface area contributed by atoms with Crippen LogP contribution in [0.25, 0.3) is 0 Å². The molecule has 0 aromatic carbocycles. The molecule has 2 aliphatic rings. The second kappa shape index (κ2) is 5.47. The minimum Gasteiger partial charge on any atom is -0.303 e. The van der Waals surface area contributed by atoms with Crippen LogP contribution in [-0.2, 0) is 9.84 Å². The van der Waals surface area contributed by atoms with E-state index in [0.717, 1.165) is 19.6 Å². The predicted octanol–water partition coefficient (Wildman–Crippen LogP) is 0.981. The maximum Gasteiger partial charge on any atom is 0.148 e. The smallest absolute Gasteiger partial charge is 0.148 e. The van der Waals surface area contributed by atoms with Crippen LogP contribution >= 0.6 is 0 Å². The molecule has 106 valence electrons. The number of likely N-dealkylation sites (N-methyl/N-ethyl adjacent to an activating group) is 1. The van der Waals surface area contributed by atoms with E-state index in [-0.39, 0.29) is 5.54 Å². The van der Waals surface area contributed by atoms with Crippen molar-refractivity contribution in [2.45, 2.75) is 37.6 Å². The first-order valence-corrected chi connectivity index (χ1v) is 9.09. The monoisotopic (exact) mass is 274 g/mol. The van der Waals surface area contributed by atoms with Crippen molar-refractivity contribution in [3.8, 4) is 0 Å². The van der Waals surface area contributed by atoms with E-state index in [9.17, 15) is 8.42 Å². The molecule has 1 saturated carbocycles. The third kappa shape index (κ3) is 3.45. The quantitative estimate of drug-likeness (QED) is 0.769. The second-order valence-electron chi connectivity index (χ2n) is 6.14. The molecule has 0 N–H and O–H groups in total. The van der Waals surface area contributed by atoms with Gasteiger partial charge in [0.05, 0.1) is 5.75 Å². The fraction of sp³-hybridized carbons (Fsp3) is 1.00. The number of piperazine rings is 1. The van der Waals surface area contributed by atoms with Crippen molar-refractivity contribution in [2.24, 2.45) is 0 Å². The molecule has 1 heterocycles. The number of nitrogens with zero attached hydrogens (tertiary/aromatic N) is 2. The Morgan fingerprint density at radius 3 is 2.39 bits per heavy atom. The Labute approximate surface area is 111 Å². The molecule has 2 fully saturated rings. The van der Waals surface area contributed by atoms with Crippen LogP contribution in [0.2, 0.25) is 0 Å². The van der Waals surface area contributed by atoms with Gasteiger partial charge in [0.1, 0.15) is 9.84 Å². The number of sulfone groups is 1. The van der Waals surface area contributed by atoms with Gasteiger partial charge in [-0.15, -0.1) is 0 Å². The van der Waals surface area contributed by atoms with Crippen LogP contribution < -0.4 is 0 Å². The highest BCUT2D eigenvalue weighted by Gasteiger charge is 2.41. The van der Waals surface area contributed by atoms with E-state index < -0.39 is 9.84 Å². The van der Waals surface area contributed by atoms with Gasteiger partial charge in [0.2, 0.25) is 0 Å². The van der Waals surface area contributed by atoms with Crippen LogP contribution in [0.5, 0.6) is 0 Å². The van der Waals surface area contributed by atoms with Gasteiger partial charge in [0, 0.05) is 38.0 Å². The van der Waals surface area contributed by atoms with Gasteiger partial charge in [-0.2, -0.15) is 0 Å². The molecule has 0 unspecified atom stereocenters. The Balaban J connectivity index is 2.05. The van der Waals surface area contributed by atoms with Gasteiger partial charge < -0.3 is 4.90 Å². The summed E-state index contributed by atoms with van der Waals surface area (Å²) >= 11 is 0. The number of rotatable bonds is 3. The van der Waals surface area contributed by atoms with Crippen molar-refractivity contribution in [1.29, 1.82) is 0 Å². The van der Waals surface area contributed by atoms with Crippen molar-refractivity contribution in [3.63, 3.8) is 0 Å². The van der Waals surface area contributed by atoms with Crippen LogP contribution in [0.15, 0.2) is 0 Å². The van der Waals surface area contributed by atoms with Gasteiger partial charge in [-0.3, -0.25) is 4.90 Å². The average Bonchev–Trinajstić information content (AvgIpc) is 2.27. The maximum absolute atomic E-state index is 11.4. The fourth-order valence-electron chi connectivity index (χ4n) is 3.52. The van der Waals surface area contributed by atoms with Crippen molar-refractivity contribution in [1.82, 2.24) is 9.80 Å². The second-order valence-corrected chi connectivity index (χ2v) is 8.40. The summed E-state index contributed by atoms with van der Waals surface area (Å²) in [7, 11) is -0.663. The maximum atomic E-state index is 11.4. The van der Waals surface area contributed by atoms with Crippen LogP contribution in [0.3, 0.4) is 0 Å². The van der Waals surface area contributed by atoms with Crippen molar-refractivity contribution < 1.29 is 8.42 Å². The highest BCUT2D eigenvalue weighted by Crippen LogP contribution is 2.36. The zero-order valence-corrected chi connectivity index (χ0v) is 12.5. The lowest BCUT2D eigenvalue weighted by Crippen LogP contribution is -2.62. The largest absolute Gasteiger partial charge is 0.303 e. The van der Waals surface area contributed by atoms with Gasteiger partial charge in [-0.25, -0.2) is 8.42 Å². The van der Waals surface area contributed by atoms with Crippen molar-refractivity contribution in [3.05, 3.63) is 0 Å². The summed E-state index contributed by atoms with van der Waals surface area (Å²) in [6.45, 7) is 3.90. The third-order valence-electron chi connectivity index (χ3n) is 4.50. The van der Waals surface area contributed by atoms with Gasteiger partial charge in [-0.1, -0.05) is 19.3 Å². The summed E-state index contributed by atoms with van der Waals surface area (Å²) in [5, 5.41) is 0. The average molecular weight is 274 g/mol. The van der Waals surface area contributed by atoms with E-state index >= 15 is 0 Å².